The summed E-state index contributed by atoms with van der Waals surface area (Å²) in [6.45, 7) is 0.392. The summed E-state index contributed by atoms with van der Waals surface area (Å²) in [5.74, 6) is 0.485. The van der Waals surface area contributed by atoms with E-state index in [-0.39, 0.29) is 36.1 Å². The molecule has 0 aliphatic rings. The molecule has 0 amide bonds. The van der Waals surface area contributed by atoms with Gasteiger partial charge in [0.15, 0.2) is 0 Å². The van der Waals surface area contributed by atoms with Gasteiger partial charge in [0.25, 0.3) is 11.4 Å². The van der Waals surface area contributed by atoms with Crippen LogP contribution in [0, 0.1) is 20.2 Å². The van der Waals surface area contributed by atoms with Crippen molar-refractivity contribution in [2.24, 2.45) is 0 Å². The van der Waals surface area contributed by atoms with E-state index in [0.717, 1.165) is 11.1 Å². The Labute approximate surface area is 353 Å². The molecule has 0 radical (unpaired) electrons. The lowest BCUT2D eigenvalue weighted by molar-refractivity contribution is -0.385. The minimum Gasteiger partial charge on any atom is -0.258 e. The average molecular weight is 895 g/mol. The first kappa shape index (κ1) is 38.9. The van der Waals surface area contributed by atoms with E-state index in [9.17, 15) is 20.2 Å². The highest BCUT2D eigenvalue weighted by atomic mass is 35.5. The first-order valence-corrected chi connectivity index (χ1v) is 20.1. The summed E-state index contributed by atoms with van der Waals surface area (Å²) in [5.41, 5.74) is 3.42. The lowest BCUT2D eigenvalue weighted by Crippen LogP contribution is -2.04. The number of nitro groups is 2. The van der Waals surface area contributed by atoms with E-state index in [2.05, 4.69) is 41.0 Å². The van der Waals surface area contributed by atoms with Crippen molar-refractivity contribution in [3.8, 4) is 34.2 Å². The van der Waals surface area contributed by atoms with E-state index >= 15 is 0 Å². The van der Waals surface area contributed by atoms with Crippen molar-refractivity contribution < 1.29 is 9.85 Å². The minimum absolute atomic E-state index is 0.0334. The number of halogens is 4. The molecule has 0 saturated heterocycles. The van der Waals surface area contributed by atoms with Crippen LogP contribution in [0.25, 0.3) is 34.2 Å². The zero-order valence-electron chi connectivity index (χ0n) is 28.9. The number of rotatable bonds is 13. The van der Waals surface area contributed by atoms with Gasteiger partial charge in [-0.2, -0.15) is 19.8 Å². The van der Waals surface area contributed by atoms with Crippen molar-refractivity contribution in [2.45, 2.75) is 23.1 Å². The maximum Gasteiger partial charge on any atom is 0.269 e. The molecule has 18 nitrogen and oxygen atoms in total. The Balaban J connectivity index is 1.16. The molecule has 0 fully saturated rings. The second-order valence-corrected chi connectivity index (χ2v) is 15.8. The van der Waals surface area contributed by atoms with E-state index in [0.29, 0.717) is 52.6 Å². The molecule has 0 unspecified atom stereocenters. The number of hydrogen-bond acceptors (Lipinski definition) is 14. The van der Waals surface area contributed by atoms with Gasteiger partial charge in [-0.25, -0.2) is 9.36 Å². The van der Waals surface area contributed by atoms with Crippen LogP contribution in [-0.4, -0.2) is 69.8 Å². The normalized spacial score (nSPS) is 11.3. The molecule has 4 heterocycles. The SMILES string of the molecule is O=[N+]([O-])c1ccc(Cn2nnc(-c3cnn(-c4ccc(Cl)cc4Cl)c3SSc3c(-c4nnn(Cc5ccc([N+](=O)[O-])cc5)n4)cnn3-c3ccc(Cl)cc3Cl)n2)cc1. The van der Waals surface area contributed by atoms with Crippen LogP contribution >= 0.6 is 68.0 Å². The van der Waals surface area contributed by atoms with Crippen LogP contribution < -0.4 is 0 Å². The highest BCUT2D eigenvalue weighted by molar-refractivity contribution is 8.76. The van der Waals surface area contributed by atoms with Crippen LogP contribution in [0.3, 0.4) is 0 Å². The molecule has 4 aromatic heterocycles. The third-order valence-corrected chi connectivity index (χ3v) is 11.7. The van der Waals surface area contributed by atoms with Crippen molar-refractivity contribution in [3.63, 3.8) is 0 Å². The number of benzene rings is 4. The molecule has 0 bridgehead atoms. The van der Waals surface area contributed by atoms with Crippen molar-refractivity contribution in [2.75, 3.05) is 0 Å². The third kappa shape index (κ3) is 8.24. The summed E-state index contributed by atoms with van der Waals surface area (Å²) in [6, 6.07) is 22.1. The predicted octanol–water partition coefficient (Wildman–Crippen LogP) is 8.69. The van der Waals surface area contributed by atoms with Gasteiger partial charge in [-0.15, -0.1) is 20.4 Å². The van der Waals surface area contributed by atoms with Gasteiger partial charge >= 0.3 is 0 Å². The summed E-state index contributed by atoms with van der Waals surface area (Å²) in [4.78, 5) is 24.0. The van der Waals surface area contributed by atoms with E-state index in [1.54, 1.807) is 82.4 Å². The Kier molecular flexibility index (Phi) is 11.1. The topological polar surface area (TPSA) is 209 Å². The maximum absolute atomic E-state index is 11.1. The molecule has 0 atom stereocenters. The fourth-order valence-electron chi connectivity index (χ4n) is 5.48. The molecule has 290 valence electrons. The van der Waals surface area contributed by atoms with Crippen LogP contribution in [0.4, 0.5) is 11.4 Å². The number of nitro benzene ring substituents is 2. The average Bonchev–Trinajstić information content (AvgIpc) is 4.02. The molecule has 8 aromatic rings. The second-order valence-electron chi connectivity index (χ2n) is 12.0. The molecule has 0 N–H and O–H groups in total. The first-order valence-electron chi connectivity index (χ1n) is 16.4. The molecule has 0 spiro atoms. The zero-order chi connectivity index (χ0) is 40.5. The van der Waals surface area contributed by atoms with Gasteiger partial charge in [-0.05, 0) is 79.5 Å². The molecule has 24 heteroatoms. The number of nitrogens with zero attached hydrogens (tertiary/aromatic N) is 14. The van der Waals surface area contributed by atoms with Crippen molar-refractivity contribution in [1.82, 2.24) is 60.0 Å². The highest BCUT2D eigenvalue weighted by Gasteiger charge is 2.25. The minimum atomic E-state index is -0.470. The van der Waals surface area contributed by atoms with Crippen molar-refractivity contribution >= 4 is 79.4 Å². The number of aromatic nitrogens is 12. The van der Waals surface area contributed by atoms with Gasteiger partial charge in [0, 0.05) is 34.3 Å². The summed E-state index contributed by atoms with van der Waals surface area (Å²) >= 11 is 25.9. The lowest BCUT2D eigenvalue weighted by Gasteiger charge is -2.12. The maximum atomic E-state index is 11.1. The quantitative estimate of drug-likeness (QED) is 0.0603. The van der Waals surface area contributed by atoms with Crippen LogP contribution in [-0.2, 0) is 13.1 Å². The molecule has 0 aliphatic carbocycles. The Morgan fingerprint density at radius 3 is 1.33 bits per heavy atom. The van der Waals surface area contributed by atoms with Gasteiger partial charge in [0.2, 0.25) is 11.6 Å². The van der Waals surface area contributed by atoms with E-state index < -0.39 is 9.85 Å². The lowest BCUT2D eigenvalue weighted by atomic mass is 10.2. The molecule has 0 saturated carbocycles. The van der Waals surface area contributed by atoms with Crippen molar-refractivity contribution in [3.05, 3.63) is 149 Å². The third-order valence-electron chi connectivity index (χ3n) is 8.26. The van der Waals surface area contributed by atoms with Crippen LogP contribution in [0.2, 0.25) is 20.1 Å². The summed E-state index contributed by atoms with van der Waals surface area (Å²) in [6.07, 6.45) is 3.17. The Morgan fingerprint density at radius 1 is 0.569 bits per heavy atom. The number of tetrazole rings is 2. The fraction of sp³-hybridized carbons (Fsp3) is 0.0588. The summed E-state index contributed by atoms with van der Waals surface area (Å²) in [7, 11) is 2.55. The Bertz CT molecular complexity index is 2640. The molecule has 0 aliphatic heterocycles. The Morgan fingerprint density at radius 2 is 0.966 bits per heavy atom. The van der Waals surface area contributed by atoms with Gasteiger partial charge in [-0.3, -0.25) is 20.2 Å². The largest absolute Gasteiger partial charge is 0.269 e. The standard InChI is InChI=1S/C34H20Cl4N14O4S2/c35-21-5-11-29(27(37)13-21)49-33(25(15-39-49)31-41-45-47(43-31)17-19-1-7-23(8-2-19)51(53)54)57-58-34-26(16-40-50(34)30-12-6-22(36)14-28(30)38)32-42-46-48(44-32)18-20-3-9-24(10-4-20)52(55)56/h1-16H,17-18H2. The predicted molar refractivity (Wildman–Crippen MR) is 217 cm³/mol. The molecule has 58 heavy (non-hydrogen) atoms. The monoisotopic (exact) mass is 892 g/mol. The molecule has 4 aromatic carbocycles. The number of hydrogen-bond donors (Lipinski definition) is 0. The van der Waals surface area contributed by atoms with E-state index in [1.807, 2.05) is 0 Å². The van der Waals surface area contributed by atoms with Gasteiger partial charge in [0.1, 0.15) is 10.1 Å². The van der Waals surface area contributed by atoms with E-state index in [1.165, 1.54) is 55.4 Å². The fourth-order valence-corrected chi connectivity index (χ4v) is 8.95. The van der Waals surface area contributed by atoms with Crippen molar-refractivity contribution in [1.29, 1.82) is 0 Å². The Hall–Kier alpha value is -5.90. The first-order chi connectivity index (χ1) is 28.0. The molecular formula is C34H20Cl4N14O4S2. The zero-order valence-corrected chi connectivity index (χ0v) is 33.5. The summed E-state index contributed by atoms with van der Waals surface area (Å²) in [5, 5.41) is 60.5. The number of non-ortho nitro benzene ring substituents is 2. The molecular weight excluding hydrogens is 874 g/mol. The van der Waals surface area contributed by atoms with Crippen LogP contribution in [0.1, 0.15) is 11.1 Å². The highest BCUT2D eigenvalue weighted by Crippen LogP contribution is 2.47. The van der Waals surface area contributed by atoms with Gasteiger partial charge in [0.05, 0.1) is 67.9 Å². The van der Waals surface area contributed by atoms with Gasteiger partial charge < -0.3 is 0 Å². The van der Waals surface area contributed by atoms with Crippen LogP contribution in [0.15, 0.2) is 107 Å². The van der Waals surface area contributed by atoms with Gasteiger partial charge in [-0.1, -0.05) is 70.7 Å². The smallest absolute Gasteiger partial charge is 0.258 e. The van der Waals surface area contributed by atoms with Crippen LogP contribution in [0.5, 0.6) is 0 Å². The molecule has 8 rings (SSSR count). The summed E-state index contributed by atoms with van der Waals surface area (Å²) < 4.78 is 3.24. The van der Waals surface area contributed by atoms with E-state index in [4.69, 9.17) is 46.4 Å². The second kappa shape index (κ2) is 16.5.